The molecule has 1 aliphatic rings. The number of carbonyl (C=O) groups excluding carboxylic acids is 1. The van der Waals surface area contributed by atoms with Crippen LogP contribution >= 0.6 is 11.8 Å². The van der Waals surface area contributed by atoms with Gasteiger partial charge in [0.15, 0.2) is 6.29 Å². The molecule has 0 saturated carbocycles. The Bertz CT molecular complexity index is 727. The molecule has 0 fully saturated rings. The zero-order valence-electron chi connectivity index (χ0n) is 11.2. The largest absolute Gasteiger partial charge is 0.298 e. The molecule has 0 aliphatic heterocycles. The molecular weight excluding hydrogens is 286 g/mol. The zero-order valence-corrected chi connectivity index (χ0v) is 12.1. The van der Waals surface area contributed by atoms with E-state index in [1.165, 1.54) is 41.4 Å². The van der Waals surface area contributed by atoms with E-state index in [9.17, 15) is 14.9 Å². The highest BCUT2D eigenvalue weighted by molar-refractivity contribution is 7.99. The van der Waals surface area contributed by atoms with Gasteiger partial charge in [-0.2, -0.15) is 0 Å². The van der Waals surface area contributed by atoms with E-state index in [0.717, 1.165) is 22.6 Å². The lowest BCUT2D eigenvalue weighted by Crippen LogP contribution is -1.92. The lowest BCUT2D eigenvalue weighted by Gasteiger charge is -2.07. The van der Waals surface area contributed by atoms with Crippen LogP contribution in [0.2, 0.25) is 0 Å². The van der Waals surface area contributed by atoms with Crippen LogP contribution in [0.5, 0.6) is 0 Å². The van der Waals surface area contributed by atoms with Gasteiger partial charge < -0.3 is 0 Å². The van der Waals surface area contributed by atoms with Crippen LogP contribution < -0.4 is 0 Å². The molecule has 21 heavy (non-hydrogen) atoms. The summed E-state index contributed by atoms with van der Waals surface area (Å²) >= 11 is 1.47. The summed E-state index contributed by atoms with van der Waals surface area (Å²) in [7, 11) is 0. The van der Waals surface area contributed by atoms with E-state index in [0.29, 0.717) is 11.8 Å². The predicted molar refractivity (Wildman–Crippen MR) is 81.1 cm³/mol. The number of benzene rings is 2. The van der Waals surface area contributed by atoms with E-state index >= 15 is 0 Å². The van der Waals surface area contributed by atoms with E-state index in [2.05, 4.69) is 12.1 Å². The van der Waals surface area contributed by atoms with Gasteiger partial charge in [-0.1, -0.05) is 17.8 Å². The fourth-order valence-corrected chi connectivity index (χ4v) is 3.53. The smallest absolute Gasteiger partial charge is 0.270 e. The van der Waals surface area contributed by atoms with E-state index in [1.807, 2.05) is 6.07 Å². The summed E-state index contributed by atoms with van der Waals surface area (Å²) in [5.41, 5.74) is 3.07. The van der Waals surface area contributed by atoms with Crippen molar-refractivity contribution in [2.45, 2.75) is 29.1 Å². The molecule has 0 unspecified atom stereocenters. The fourth-order valence-electron chi connectivity index (χ4n) is 2.57. The third-order valence-electron chi connectivity index (χ3n) is 3.63. The maximum atomic E-state index is 11.1. The molecule has 1 aliphatic carbocycles. The van der Waals surface area contributed by atoms with Crippen molar-refractivity contribution in [3.8, 4) is 0 Å². The number of nitro benzene ring substituents is 1. The van der Waals surface area contributed by atoms with E-state index < -0.39 is 4.92 Å². The first-order valence-corrected chi connectivity index (χ1v) is 7.52. The SMILES string of the molecule is O=Cc1cc([N+](=O)[O-])ccc1Sc1ccc2c(c1)CCC2. The molecule has 106 valence electrons. The van der Waals surface area contributed by atoms with Gasteiger partial charge in [0.25, 0.3) is 5.69 Å². The van der Waals surface area contributed by atoms with Crippen LogP contribution in [-0.4, -0.2) is 11.2 Å². The molecule has 2 aromatic rings. The number of aldehydes is 1. The topological polar surface area (TPSA) is 60.2 Å². The third kappa shape index (κ3) is 2.83. The van der Waals surface area contributed by atoms with Gasteiger partial charge in [0.2, 0.25) is 0 Å². The van der Waals surface area contributed by atoms with Crippen molar-refractivity contribution in [2.24, 2.45) is 0 Å². The molecule has 0 saturated heterocycles. The Balaban J connectivity index is 1.91. The van der Waals surface area contributed by atoms with Gasteiger partial charge in [0.05, 0.1) is 4.92 Å². The average molecular weight is 299 g/mol. The van der Waals surface area contributed by atoms with Crippen molar-refractivity contribution in [2.75, 3.05) is 0 Å². The quantitative estimate of drug-likeness (QED) is 0.485. The van der Waals surface area contributed by atoms with Crippen LogP contribution in [0, 0.1) is 10.1 Å². The standard InChI is InChI=1S/C16H13NO3S/c18-10-13-8-14(17(19)20)5-7-16(13)21-15-6-4-11-2-1-3-12(11)9-15/h4-10H,1-3H2. The molecule has 0 N–H and O–H groups in total. The molecule has 0 amide bonds. The van der Waals surface area contributed by atoms with Crippen molar-refractivity contribution >= 4 is 23.7 Å². The highest BCUT2D eigenvalue weighted by Gasteiger charge is 2.14. The fraction of sp³-hybridized carbons (Fsp3) is 0.188. The molecule has 0 heterocycles. The number of hydrogen-bond acceptors (Lipinski definition) is 4. The minimum atomic E-state index is -0.489. The molecule has 3 rings (SSSR count). The predicted octanol–water partition coefficient (Wildman–Crippen LogP) is 4.05. The number of fused-ring (bicyclic) bond motifs is 1. The normalized spacial score (nSPS) is 13.0. The monoisotopic (exact) mass is 299 g/mol. The van der Waals surface area contributed by atoms with Crippen LogP contribution in [0.1, 0.15) is 27.9 Å². The zero-order chi connectivity index (χ0) is 14.8. The summed E-state index contributed by atoms with van der Waals surface area (Å²) in [6.07, 6.45) is 4.10. The maximum absolute atomic E-state index is 11.1. The molecule has 0 bridgehead atoms. The Morgan fingerprint density at radius 2 is 1.90 bits per heavy atom. The van der Waals surface area contributed by atoms with Gasteiger partial charge in [-0.3, -0.25) is 14.9 Å². The minimum Gasteiger partial charge on any atom is -0.298 e. The molecule has 0 radical (unpaired) electrons. The summed E-state index contributed by atoms with van der Waals surface area (Å²) in [5.74, 6) is 0. The first-order valence-electron chi connectivity index (χ1n) is 6.70. The Labute approximate surface area is 126 Å². The molecule has 5 heteroatoms. The second kappa shape index (κ2) is 5.69. The van der Waals surface area contributed by atoms with E-state index in [-0.39, 0.29) is 5.69 Å². The van der Waals surface area contributed by atoms with Crippen LogP contribution in [-0.2, 0) is 12.8 Å². The van der Waals surface area contributed by atoms with E-state index in [1.54, 1.807) is 6.07 Å². The highest BCUT2D eigenvalue weighted by atomic mass is 32.2. The van der Waals surface area contributed by atoms with Gasteiger partial charge in [-0.05, 0) is 48.6 Å². The van der Waals surface area contributed by atoms with Crippen LogP contribution in [0.15, 0.2) is 46.2 Å². The Morgan fingerprint density at radius 3 is 2.67 bits per heavy atom. The second-order valence-corrected chi connectivity index (χ2v) is 6.10. The van der Waals surface area contributed by atoms with Gasteiger partial charge in [-0.15, -0.1) is 0 Å². The molecule has 0 atom stereocenters. The van der Waals surface area contributed by atoms with Gasteiger partial charge in [0.1, 0.15) is 0 Å². The minimum absolute atomic E-state index is 0.0598. The summed E-state index contributed by atoms with van der Waals surface area (Å²) in [4.78, 5) is 23.2. The van der Waals surface area contributed by atoms with Crippen molar-refractivity contribution in [3.63, 3.8) is 0 Å². The average Bonchev–Trinajstić information content (AvgIpc) is 2.95. The highest BCUT2D eigenvalue weighted by Crippen LogP contribution is 2.34. The molecule has 2 aromatic carbocycles. The second-order valence-electron chi connectivity index (χ2n) is 4.98. The van der Waals surface area contributed by atoms with Gasteiger partial charge >= 0.3 is 0 Å². The Morgan fingerprint density at radius 1 is 1.10 bits per heavy atom. The van der Waals surface area contributed by atoms with Crippen molar-refractivity contribution in [1.82, 2.24) is 0 Å². The molecular formula is C16H13NO3S. The van der Waals surface area contributed by atoms with Crippen molar-refractivity contribution in [3.05, 3.63) is 63.2 Å². The lowest BCUT2D eigenvalue weighted by molar-refractivity contribution is -0.384. The van der Waals surface area contributed by atoms with Crippen LogP contribution in [0.25, 0.3) is 0 Å². The Hall–Kier alpha value is -2.14. The maximum Gasteiger partial charge on any atom is 0.270 e. The summed E-state index contributed by atoms with van der Waals surface area (Å²) in [6, 6.07) is 10.7. The summed E-state index contributed by atoms with van der Waals surface area (Å²) in [6.45, 7) is 0. The molecule has 0 aromatic heterocycles. The third-order valence-corrected chi connectivity index (χ3v) is 4.71. The number of rotatable bonds is 4. The Kier molecular flexibility index (Phi) is 3.75. The van der Waals surface area contributed by atoms with E-state index in [4.69, 9.17) is 0 Å². The van der Waals surface area contributed by atoms with Crippen molar-refractivity contribution in [1.29, 1.82) is 0 Å². The van der Waals surface area contributed by atoms with Crippen LogP contribution in [0.3, 0.4) is 0 Å². The number of aryl methyl sites for hydroxylation is 2. The van der Waals surface area contributed by atoms with Crippen LogP contribution in [0.4, 0.5) is 5.69 Å². The number of nitro groups is 1. The van der Waals surface area contributed by atoms with Crippen molar-refractivity contribution < 1.29 is 9.72 Å². The number of hydrogen-bond donors (Lipinski definition) is 0. The number of nitrogens with zero attached hydrogens (tertiary/aromatic N) is 1. The van der Waals surface area contributed by atoms with Gasteiger partial charge in [0, 0.05) is 27.5 Å². The number of carbonyl (C=O) groups is 1. The first kappa shape index (κ1) is 13.8. The molecule has 4 nitrogen and oxygen atoms in total. The van der Waals surface area contributed by atoms with Gasteiger partial charge in [-0.25, -0.2) is 0 Å². The summed E-state index contributed by atoms with van der Waals surface area (Å²) < 4.78 is 0. The summed E-state index contributed by atoms with van der Waals surface area (Å²) in [5, 5.41) is 10.7. The number of non-ortho nitro benzene ring substituents is 1. The molecule has 0 spiro atoms. The lowest BCUT2D eigenvalue weighted by atomic mass is 10.1. The first-order chi connectivity index (χ1) is 10.2.